The van der Waals surface area contributed by atoms with Crippen molar-refractivity contribution in [3.63, 3.8) is 0 Å². The maximum Gasteiger partial charge on any atom is 0.438 e. The van der Waals surface area contributed by atoms with E-state index in [1.54, 1.807) is 12.1 Å². The number of benzene rings is 2. The third-order valence-electron chi connectivity index (χ3n) is 4.39. The molecule has 0 aromatic heterocycles. The number of carbonyl (C=O) groups is 1. The summed E-state index contributed by atoms with van der Waals surface area (Å²) in [6, 6.07) is 11.6. The number of methoxy groups -OCH3 is 2. The fourth-order valence-corrected chi connectivity index (χ4v) is 2.78. The van der Waals surface area contributed by atoms with Gasteiger partial charge in [-0.15, -0.1) is 0 Å². The van der Waals surface area contributed by atoms with Gasteiger partial charge >= 0.3 is 6.18 Å². The summed E-state index contributed by atoms with van der Waals surface area (Å²) in [7, 11) is 2.88. The van der Waals surface area contributed by atoms with Gasteiger partial charge < -0.3 is 14.6 Å². The third kappa shape index (κ3) is 3.40. The van der Waals surface area contributed by atoms with Crippen LogP contribution in [0.15, 0.2) is 53.6 Å². The molecule has 1 aliphatic heterocycles. The Balaban J connectivity index is 1.99. The topological polar surface area (TPSA) is 71.4 Å². The molecule has 1 N–H and O–H groups in total. The molecule has 148 valence electrons. The number of halogens is 3. The van der Waals surface area contributed by atoms with E-state index in [0.29, 0.717) is 17.1 Å². The normalized spacial score (nSPS) is 19.4. The fraction of sp³-hybridized carbons (Fsp3) is 0.263. The first kappa shape index (κ1) is 19.7. The SMILES string of the molecule is COc1ccc(C(=O)N2N=C(c3ccc(OC)cc3)C[C@@]2(O)C(F)(F)F)cc1. The van der Waals surface area contributed by atoms with E-state index in [4.69, 9.17) is 9.47 Å². The molecule has 2 aromatic carbocycles. The number of hydrogen-bond donors (Lipinski definition) is 1. The van der Waals surface area contributed by atoms with Crippen LogP contribution in [0.5, 0.6) is 11.5 Å². The van der Waals surface area contributed by atoms with Crippen molar-refractivity contribution in [2.45, 2.75) is 18.3 Å². The summed E-state index contributed by atoms with van der Waals surface area (Å²) in [6.07, 6.45) is -5.99. The van der Waals surface area contributed by atoms with Crippen LogP contribution in [0, 0.1) is 0 Å². The number of carbonyl (C=O) groups excluding carboxylic acids is 1. The van der Waals surface area contributed by atoms with Crippen molar-refractivity contribution >= 4 is 11.6 Å². The van der Waals surface area contributed by atoms with Crippen LogP contribution in [0.2, 0.25) is 0 Å². The van der Waals surface area contributed by atoms with Crippen LogP contribution >= 0.6 is 0 Å². The molecule has 3 rings (SSSR count). The Kier molecular flexibility index (Phi) is 5.03. The Bertz CT molecular complexity index is 895. The van der Waals surface area contributed by atoms with E-state index in [9.17, 15) is 23.1 Å². The van der Waals surface area contributed by atoms with Gasteiger partial charge in [0, 0.05) is 5.56 Å². The average molecular weight is 394 g/mol. The van der Waals surface area contributed by atoms with Crippen LogP contribution in [0.25, 0.3) is 0 Å². The minimum absolute atomic E-state index is 0.0654. The van der Waals surface area contributed by atoms with Crippen LogP contribution < -0.4 is 9.47 Å². The lowest BCUT2D eigenvalue weighted by Crippen LogP contribution is -2.56. The Hall–Kier alpha value is -3.07. The molecule has 2 aromatic rings. The number of alkyl halides is 3. The van der Waals surface area contributed by atoms with Crippen molar-refractivity contribution < 1.29 is 32.5 Å². The number of ether oxygens (including phenoxy) is 2. The monoisotopic (exact) mass is 394 g/mol. The maximum absolute atomic E-state index is 13.6. The highest BCUT2D eigenvalue weighted by molar-refractivity contribution is 6.05. The average Bonchev–Trinajstić information content (AvgIpc) is 3.06. The summed E-state index contributed by atoms with van der Waals surface area (Å²) < 4.78 is 50.9. The summed E-state index contributed by atoms with van der Waals surface area (Å²) in [4.78, 5) is 12.7. The quantitative estimate of drug-likeness (QED) is 0.865. The van der Waals surface area contributed by atoms with Crippen LogP contribution in [0.4, 0.5) is 13.2 Å². The molecule has 0 fully saturated rings. The molecular weight excluding hydrogens is 377 g/mol. The molecule has 1 atom stereocenters. The molecule has 1 amide bonds. The highest BCUT2D eigenvalue weighted by atomic mass is 19.4. The number of amides is 1. The Labute approximate surface area is 158 Å². The Morgan fingerprint density at radius 2 is 1.54 bits per heavy atom. The third-order valence-corrected chi connectivity index (χ3v) is 4.39. The molecule has 0 saturated heterocycles. The summed E-state index contributed by atoms with van der Waals surface area (Å²) >= 11 is 0. The van der Waals surface area contributed by atoms with Crippen molar-refractivity contribution in [2.24, 2.45) is 5.10 Å². The largest absolute Gasteiger partial charge is 0.497 e. The summed E-state index contributed by atoms with van der Waals surface area (Å²) in [5.41, 5.74) is -3.24. The molecule has 0 spiro atoms. The minimum atomic E-state index is -5.10. The highest BCUT2D eigenvalue weighted by Gasteiger charge is 2.63. The van der Waals surface area contributed by atoms with Gasteiger partial charge in [0.25, 0.3) is 11.6 Å². The van der Waals surface area contributed by atoms with Crippen molar-refractivity contribution in [1.29, 1.82) is 0 Å². The molecule has 0 saturated carbocycles. The first-order valence-electron chi connectivity index (χ1n) is 8.19. The van der Waals surface area contributed by atoms with Crippen molar-refractivity contribution in [2.75, 3.05) is 14.2 Å². The standard InChI is InChI=1S/C19H17F3N2O4/c1-27-14-7-3-12(4-8-14)16-11-18(26,19(20,21)22)24(23-16)17(25)13-5-9-15(28-2)10-6-13/h3-10,26H,11H2,1-2H3/t18-/m1/s1. The van der Waals surface area contributed by atoms with Gasteiger partial charge in [0.05, 0.1) is 26.4 Å². The number of hydrazone groups is 1. The smallest absolute Gasteiger partial charge is 0.438 e. The van der Waals surface area contributed by atoms with E-state index in [0.717, 1.165) is 0 Å². The first-order valence-corrected chi connectivity index (χ1v) is 8.19. The lowest BCUT2D eigenvalue weighted by atomic mass is 10.0. The summed E-state index contributed by atoms with van der Waals surface area (Å²) in [5.74, 6) is -0.128. The lowest BCUT2D eigenvalue weighted by Gasteiger charge is -2.32. The molecule has 0 aliphatic carbocycles. The van der Waals surface area contributed by atoms with Gasteiger partial charge in [0.1, 0.15) is 11.5 Å². The number of aliphatic hydroxyl groups is 1. The summed E-state index contributed by atoms with van der Waals surface area (Å²) in [6.45, 7) is 0. The zero-order chi connectivity index (χ0) is 20.5. The second-order valence-corrected chi connectivity index (χ2v) is 6.11. The van der Waals surface area contributed by atoms with Gasteiger partial charge in [0.2, 0.25) is 0 Å². The zero-order valence-electron chi connectivity index (χ0n) is 15.0. The first-order chi connectivity index (χ1) is 13.2. The predicted octanol–water partition coefficient (Wildman–Crippen LogP) is 3.20. The molecule has 1 heterocycles. The second-order valence-electron chi connectivity index (χ2n) is 6.11. The molecule has 0 radical (unpaired) electrons. The fourth-order valence-electron chi connectivity index (χ4n) is 2.78. The molecule has 0 unspecified atom stereocenters. The van der Waals surface area contributed by atoms with Crippen molar-refractivity contribution in [1.82, 2.24) is 5.01 Å². The van der Waals surface area contributed by atoms with Crippen molar-refractivity contribution in [3.8, 4) is 11.5 Å². The molecule has 9 heteroatoms. The highest BCUT2D eigenvalue weighted by Crippen LogP contribution is 2.42. The van der Waals surface area contributed by atoms with Gasteiger partial charge in [-0.2, -0.15) is 23.3 Å². The minimum Gasteiger partial charge on any atom is -0.497 e. The van der Waals surface area contributed by atoms with Gasteiger partial charge in [-0.25, -0.2) is 0 Å². The predicted molar refractivity (Wildman–Crippen MR) is 94.3 cm³/mol. The van der Waals surface area contributed by atoms with E-state index in [-0.39, 0.29) is 16.3 Å². The van der Waals surface area contributed by atoms with E-state index in [1.165, 1.54) is 50.6 Å². The van der Waals surface area contributed by atoms with Gasteiger partial charge in [-0.1, -0.05) is 0 Å². The molecule has 28 heavy (non-hydrogen) atoms. The van der Waals surface area contributed by atoms with E-state index in [2.05, 4.69) is 5.10 Å². The number of nitrogens with zero attached hydrogens (tertiary/aromatic N) is 2. The Morgan fingerprint density at radius 3 is 2.00 bits per heavy atom. The Morgan fingerprint density at radius 1 is 1.04 bits per heavy atom. The van der Waals surface area contributed by atoms with Gasteiger partial charge in [-0.3, -0.25) is 4.79 Å². The van der Waals surface area contributed by atoms with Gasteiger partial charge in [0.15, 0.2) is 0 Å². The number of hydrogen-bond acceptors (Lipinski definition) is 5. The molecule has 0 bridgehead atoms. The van der Waals surface area contributed by atoms with E-state index < -0.39 is 24.2 Å². The number of rotatable bonds is 4. The maximum atomic E-state index is 13.6. The van der Waals surface area contributed by atoms with Crippen LogP contribution in [0.3, 0.4) is 0 Å². The van der Waals surface area contributed by atoms with Crippen LogP contribution in [0.1, 0.15) is 22.3 Å². The van der Waals surface area contributed by atoms with Crippen LogP contribution in [-0.2, 0) is 0 Å². The van der Waals surface area contributed by atoms with Gasteiger partial charge in [-0.05, 0) is 54.1 Å². The second kappa shape index (κ2) is 7.16. The molecule has 1 aliphatic rings. The zero-order valence-corrected chi connectivity index (χ0v) is 15.0. The van der Waals surface area contributed by atoms with E-state index >= 15 is 0 Å². The van der Waals surface area contributed by atoms with E-state index in [1.807, 2.05) is 0 Å². The summed E-state index contributed by atoms with van der Waals surface area (Å²) in [5, 5.41) is 14.3. The van der Waals surface area contributed by atoms with Crippen molar-refractivity contribution in [3.05, 3.63) is 59.7 Å². The molecular formula is C19H17F3N2O4. The lowest BCUT2D eigenvalue weighted by molar-refractivity contribution is -0.297. The van der Waals surface area contributed by atoms with Crippen LogP contribution in [-0.4, -0.2) is 47.9 Å². The molecule has 6 nitrogen and oxygen atoms in total.